The smallest absolute Gasteiger partial charge is 0.313 e. The molecule has 30 heavy (non-hydrogen) atoms. The van der Waals surface area contributed by atoms with Gasteiger partial charge in [-0.1, -0.05) is 41.4 Å². The van der Waals surface area contributed by atoms with Crippen LogP contribution >= 0.6 is 23.2 Å². The highest BCUT2D eigenvalue weighted by Crippen LogP contribution is 2.37. The Morgan fingerprint density at radius 3 is 2.83 bits per heavy atom. The first-order valence-electron chi connectivity index (χ1n) is 9.78. The third-order valence-electron chi connectivity index (χ3n) is 5.34. The highest BCUT2D eigenvalue weighted by Gasteiger charge is 2.35. The molecule has 6 nitrogen and oxygen atoms in total. The zero-order chi connectivity index (χ0) is 21.3. The van der Waals surface area contributed by atoms with Gasteiger partial charge in [0.1, 0.15) is 18.1 Å². The van der Waals surface area contributed by atoms with E-state index in [0.29, 0.717) is 35.4 Å². The van der Waals surface area contributed by atoms with Crippen molar-refractivity contribution in [1.29, 1.82) is 0 Å². The molecule has 1 aliphatic heterocycles. The first kappa shape index (κ1) is 20.8. The summed E-state index contributed by atoms with van der Waals surface area (Å²) in [5.41, 5.74) is 2.59. The van der Waals surface area contributed by atoms with Gasteiger partial charge in [-0.15, -0.1) is 0 Å². The van der Waals surface area contributed by atoms with E-state index < -0.39 is 18.0 Å². The minimum atomic E-state index is -0.733. The van der Waals surface area contributed by atoms with Gasteiger partial charge in [-0.05, 0) is 42.7 Å². The molecule has 1 saturated heterocycles. The summed E-state index contributed by atoms with van der Waals surface area (Å²) in [5, 5.41) is 12.2. The summed E-state index contributed by atoms with van der Waals surface area (Å²) in [4.78, 5) is 23.3. The van der Waals surface area contributed by atoms with E-state index in [1.165, 1.54) is 6.33 Å². The van der Waals surface area contributed by atoms with Crippen molar-refractivity contribution in [2.45, 2.75) is 19.4 Å². The van der Waals surface area contributed by atoms with E-state index in [2.05, 4.69) is 9.97 Å². The number of nitrogens with zero attached hydrogens (tertiary/aromatic N) is 3. The van der Waals surface area contributed by atoms with Crippen molar-refractivity contribution in [1.82, 2.24) is 9.97 Å². The molecule has 0 aliphatic carbocycles. The van der Waals surface area contributed by atoms with Crippen molar-refractivity contribution < 1.29 is 14.6 Å². The van der Waals surface area contributed by atoms with Crippen molar-refractivity contribution in [2.24, 2.45) is 5.92 Å². The number of ether oxygens (including phenoxy) is 1. The minimum absolute atomic E-state index is 0.278. The Hall–Kier alpha value is -2.41. The molecule has 8 heteroatoms. The lowest BCUT2D eigenvalue weighted by Gasteiger charge is -2.36. The van der Waals surface area contributed by atoms with Crippen LogP contribution in [0.4, 0.5) is 5.82 Å². The molecule has 2 heterocycles. The summed E-state index contributed by atoms with van der Waals surface area (Å²) in [6.45, 7) is 2.92. The van der Waals surface area contributed by atoms with Crippen molar-refractivity contribution in [3.05, 3.63) is 52.8 Å². The molecule has 0 bridgehead atoms. The Bertz CT molecular complexity index is 1090. The third-order valence-corrected chi connectivity index (χ3v) is 6.08. The maximum Gasteiger partial charge on any atom is 0.313 e. The molecule has 0 amide bonds. The van der Waals surface area contributed by atoms with Crippen LogP contribution in [0.15, 0.2) is 42.7 Å². The number of carbonyl (C=O) groups is 1. The number of aromatic nitrogens is 2. The van der Waals surface area contributed by atoms with Gasteiger partial charge in [-0.25, -0.2) is 9.97 Å². The molecule has 2 unspecified atom stereocenters. The number of aliphatic hydroxyl groups is 1. The molecule has 3 aromatic rings. The van der Waals surface area contributed by atoms with Gasteiger partial charge in [-0.2, -0.15) is 0 Å². The van der Waals surface area contributed by atoms with Crippen molar-refractivity contribution in [3.8, 4) is 11.1 Å². The fraction of sp³-hybridized carbons (Fsp3) is 0.318. The van der Waals surface area contributed by atoms with Crippen LogP contribution in [-0.4, -0.2) is 46.8 Å². The summed E-state index contributed by atoms with van der Waals surface area (Å²) in [6.07, 6.45) is 1.23. The third kappa shape index (κ3) is 3.95. The summed E-state index contributed by atoms with van der Waals surface area (Å²) in [7, 11) is 0. The number of hydrogen-bond donors (Lipinski definition) is 1. The Labute approximate surface area is 184 Å². The van der Waals surface area contributed by atoms with Gasteiger partial charge in [0.05, 0.1) is 33.7 Å². The van der Waals surface area contributed by atoms with Crippen LogP contribution < -0.4 is 4.90 Å². The Balaban J connectivity index is 1.80. The number of anilines is 1. The van der Waals surface area contributed by atoms with Gasteiger partial charge in [0.2, 0.25) is 0 Å². The topological polar surface area (TPSA) is 75.5 Å². The second kappa shape index (κ2) is 8.76. The van der Waals surface area contributed by atoms with E-state index in [9.17, 15) is 9.90 Å². The van der Waals surface area contributed by atoms with Crippen molar-refractivity contribution in [3.63, 3.8) is 0 Å². The SMILES string of the molecule is CCOC(=O)C1CN(c2ncnc3cccc(-c4ccc(Cl)c(Cl)c4)c23)CCC1O. The van der Waals surface area contributed by atoms with Crippen LogP contribution in [0.2, 0.25) is 10.0 Å². The fourth-order valence-electron chi connectivity index (χ4n) is 3.85. The maximum atomic E-state index is 12.3. The molecule has 1 aromatic heterocycles. The normalized spacial score (nSPS) is 19.1. The average molecular weight is 446 g/mol. The lowest BCUT2D eigenvalue weighted by molar-refractivity contribution is -0.152. The van der Waals surface area contributed by atoms with Crippen LogP contribution in [0.25, 0.3) is 22.0 Å². The van der Waals surface area contributed by atoms with Gasteiger partial charge < -0.3 is 14.7 Å². The van der Waals surface area contributed by atoms with E-state index in [0.717, 1.165) is 22.0 Å². The van der Waals surface area contributed by atoms with Gasteiger partial charge in [0.15, 0.2) is 0 Å². The number of esters is 1. The first-order valence-corrected chi connectivity index (χ1v) is 10.5. The predicted molar refractivity (Wildman–Crippen MR) is 118 cm³/mol. The first-order chi connectivity index (χ1) is 14.5. The molecule has 2 atom stereocenters. The van der Waals surface area contributed by atoms with E-state index in [-0.39, 0.29) is 6.61 Å². The molecule has 0 radical (unpaired) electrons. The summed E-state index contributed by atoms with van der Waals surface area (Å²) >= 11 is 12.3. The summed E-state index contributed by atoms with van der Waals surface area (Å²) in [6, 6.07) is 11.3. The molecular formula is C22H21Cl2N3O3. The Kier molecular flexibility index (Phi) is 6.09. The number of fused-ring (bicyclic) bond motifs is 1. The second-order valence-corrected chi connectivity index (χ2v) is 8.00. The lowest BCUT2D eigenvalue weighted by Crippen LogP contribution is -2.47. The largest absolute Gasteiger partial charge is 0.466 e. The molecule has 2 aromatic carbocycles. The zero-order valence-electron chi connectivity index (χ0n) is 16.4. The highest BCUT2D eigenvalue weighted by atomic mass is 35.5. The minimum Gasteiger partial charge on any atom is -0.466 e. The van der Waals surface area contributed by atoms with Gasteiger partial charge in [0.25, 0.3) is 0 Å². The fourth-order valence-corrected chi connectivity index (χ4v) is 4.15. The van der Waals surface area contributed by atoms with Gasteiger partial charge in [0, 0.05) is 13.1 Å². The van der Waals surface area contributed by atoms with Crippen molar-refractivity contribution >= 4 is 45.9 Å². The van der Waals surface area contributed by atoms with Crippen LogP contribution in [0, 0.1) is 5.92 Å². The van der Waals surface area contributed by atoms with E-state index in [1.807, 2.05) is 35.2 Å². The van der Waals surface area contributed by atoms with Crippen LogP contribution in [-0.2, 0) is 9.53 Å². The van der Waals surface area contributed by atoms with E-state index >= 15 is 0 Å². The molecule has 1 N–H and O–H groups in total. The number of rotatable bonds is 4. The molecular weight excluding hydrogens is 425 g/mol. The average Bonchev–Trinajstić information content (AvgIpc) is 2.75. The molecule has 4 rings (SSSR count). The maximum absolute atomic E-state index is 12.3. The van der Waals surface area contributed by atoms with Crippen molar-refractivity contribution in [2.75, 3.05) is 24.6 Å². The van der Waals surface area contributed by atoms with Crippen LogP contribution in [0.3, 0.4) is 0 Å². The Morgan fingerprint density at radius 2 is 2.07 bits per heavy atom. The second-order valence-electron chi connectivity index (χ2n) is 7.19. The van der Waals surface area contributed by atoms with Gasteiger partial charge in [-0.3, -0.25) is 4.79 Å². The predicted octanol–water partition coefficient (Wildman–Crippen LogP) is 4.35. The lowest BCUT2D eigenvalue weighted by atomic mass is 9.94. The molecule has 0 spiro atoms. The number of halogens is 2. The van der Waals surface area contributed by atoms with E-state index in [1.54, 1.807) is 13.0 Å². The van der Waals surface area contributed by atoms with Gasteiger partial charge >= 0.3 is 5.97 Å². The Morgan fingerprint density at radius 1 is 1.23 bits per heavy atom. The van der Waals surface area contributed by atoms with Crippen LogP contribution in [0.1, 0.15) is 13.3 Å². The number of piperidine rings is 1. The molecule has 156 valence electrons. The standard InChI is InChI=1S/C22H21Cl2N3O3/c1-2-30-22(29)15-11-27(9-8-19(15)28)21-20-14(4-3-5-18(20)25-12-26-21)13-6-7-16(23)17(24)10-13/h3-7,10,12,15,19,28H,2,8-9,11H2,1H3. The highest BCUT2D eigenvalue weighted by molar-refractivity contribution is 6.42. The molecule has 0 saturated carbocycles. The quantitative estimate of drug-likeness (QED) is 0.601. The van der Waals surface area contributed by atoms with Crippen LogP contribution in [0.5, 0.6) is 0 Å². The molecule has 1 fully saturated rings. The number of aliphatic hydroxyl groups excluding tert-OH is 1. The number of carbonyl (C=O) groups excluding carboxylic acids is 1. The summed E-state index contributed by atoms with van der Waals surface area (Å²) < 4.78 is 5.16. The monoisotopic (exact) mass is 445 g/mol. The van der Waals surface area contributed by atoms with E-state index in [4.69, 9.17) is 27.9 Å². The zero-order valence-corrected chi connectivity index (χ0v) is 17.9. The number of hydrogen-bond acceptors (Lipinski definition) is 6. The summed E-state index contributed by atoms with van der Waals surface area (Å²) in [5.74, 6) is -0.304. The number of benzene rings is 2. The molecule has 1 aliphatic rings.